The summed E-state index contributed by atoms with van der Waals surface area (Å²) >= 11 is 12.5. The van der Waals surface area contributed by atoms with Gasteiger partial charge >= 0.3 is 0 Å². The van der Waals surface area contributed by atoms with Gasteiger partial charge in [-0.15, -0.1) is 6.58 Å². The van der Waals surface area contributed by atoms with E-state index in [9.17, 15) is 9.90 Å². The molecule has 0 aliphatic carbocycles. The molecule has 1 unspecified atom stereocenters. The molecule has 4 atom stereocenters. The van der Waals surface area contributed by atoms with Gasteiger partial charge in [0.05, 0.1) is 24.1 Å². The average Bonchev–Trinajstić information content (AvgIpc) is 2.73. The van der Waals surface area contributed by atoms with Crippen molar-refractivity contribution in [2.45, 2.75) is 51.1 Å². The van der Waals surface area contributed by atoms with Crippen molar-refractivity contribution in [3.8, 4) is 0 Å². The van der Waals surface area contributed by atoms with E-state index >= 15 is 0 Å². The maximum atomic E-state index is 13.8. The highest BCUT2D eigenvalue weighted by Crippen LogP contribution is 2.52. The number of amides is 1. The summed E-state index contributed by atoms with van der Waals surface area (Å²) in [6, 6.07) is 15.0. The number of likely N-dealkylation sites (tertiary alicyclic amines) is 1. The predicted molar refractivity (Wildman–Crippen MR) is 124 cm³/mol. The van der Waals surface area contributed by atoms with Crippen molar-refractivity contribution in [2.75, 3.05) is 6.61 Å². The largest absolute Gasteiger partial charge is 0.394 e. The van der Waals surface area contributed by atoms with E-state index in [0.29, 0.717) is 29.3 Å². The Kier molecular flexibility index (Phi) is 7.28. The van der Waals surface area contributed by atoms with E-state index in [1.807, 2.05) is 67.3 Å². The number of nitrogens with zero attached hydrogens (tertiary/aromatic N) is 1. The standard InChI is InChI=1S/C25H29Cl2NO2/c1-4-13-25(3)15-22(18-7-6-8-20(27)14-18)23(17-9-11-19(26)12-10-17)28(24(25)30)21(5-2)16-29/h4,6-12,14,21-23,29H,1,5,13,15-16H2,2-3H3/t21?,22-,23-,25+/m1/s1. The van der Waals surface area contributed by atoms with Gasteiger partial charge in [0.15, 0.2) is 0 Å². The Bertz CT molecular complexity index is 894. The van der Waals surface area contributed by atoms with Gasteiger partial charge in [-0.25, -0.2) is 0 Å². The number of rotatable bonds is 7. The molecule has 2 aromatic carbocycles. The van der Waals surface area contributed by atoms with E-state index in [1.165, 1.54) is 0 Å². The van der Waals surface area contributed by atoms with Crippen molar-refractivity contribution in [2.24, 2.45) is 5.41 Å². The van der Waals surface area contributed by atoms with Crippen molar-refractivity contribution in [3.63, 3.8) is 0 Å². The molecule has 1 fully saturated rings. The van der Waals surface area contributed by atoms with E-state index < -0.39 is 5.41 Å². The van der Waals surface area contributed by atoms with Crippen LogP contribution in [-0.4, -0.2) is 28.6 Å². The number of benzene rings is 2. The first-order chi connectivity index (χ1) is 14.3. The Balaban J connectivity index is 2.22. The second-order valence-corrected chi connectivity index (χ2v) is 9.25. The van der Waals surface area contributed by atoms with Crippen LogP contribution in [0.15, 0.2) is 61.2 Å². The molecule has 1 N–H and O–H groups in total. The number of hydrogen-bond donors (Lipinski definition) is 1. The van der Waals surface area contributed by atoms with Crippen molar-refractivity contribution in [3.05, 3.63) is 82.4 Å². The van der Waals surface area contributed by atoms with Gasteiger partial charge in [0.2, 0.25) is 5.91 Å². The van der Waals surface area contributed by atoms with Crippen molar-refractivity contribution < 1.29 is 9.90 Å². The van der Waals surface area contributed by atoms with Crippen LogP contribution in [0.4, 0.5) is 0 Å². The highest BCUT2D eigenvalue weighted by Gasteiger charge is 2.50. The smallest absolute Gasteiger partial charge is 0.229 e. The van der Waals surface area contributed by atoms with Crippen LogP contribution in [0.3, 0.4) is 0 Å². The summed E-state index contributed by atoms with van der Waals surface area (Å²) < 4.78 is 0. The Morgan fingerprint density at radius 3 is 2.47 bits per heavy atom. The molecule has 1 saturated heterocycles. The lowest BCUT2D eigenvalue weighted by Crippen LogP contribution is -2.56. The quantitative estimate of drug-likeness (QED) is 0.500. The van der Waals surface area contributed by atoms with Crippen molar-refractivity contribution in [1.29, 1.82) is 0 Å². The van der Waals surface area contributed by atoms with E-state index in [1.54, 1.807) is 0 Å². The van der Waals surface area contributed by atoms with Gasteiger partial charge in [0.1, 0.15) is 0 Å². The van der Waals surface area contributed by atoms with E-state index in [4.69, 9.17) is 23.2 Å². The minimum atomic E-state index is -0.597. The summed E-state index contributed by atoms with van der Waals surface area (Å²) in [6.45, 7) is 7.81. The normalized spacial score (nSPS) is 25.2. The molecule has 0 aromatic heterocycles. The van der Waals surface area contributed by atoms with Crippen molar-refractivity contribution >= 4 is 29.1 Å². The van der Waals surface area contributed by atoms with Crippen molar-refractivity contribution in [1.82, 2.24) is 4.90 Å². The summed E-state index contributed by atoms with van der Waals surface area (Å²) in [5, 5.41) is 11.5. The number of halogens is 2. The molecule has 1 heterocycles. The molecular weight excluding hydrogens is 417 g/mol. The van der Waals surface area contributed by atoms with Gasteiger partial charge in [-0.3, -0.25) is 4.79 Å². The molecule has 1 aliphatic heterocycles. The van der Waals surface area contributed by atoms with E-state index in [-0.39, 0.29) is 30.5 Å². The van der Waals surface area contributed by atoms with E-state index in [2.05, 4.69) is 12.6 Å². The lowest BCUT2D eigenvalue weighted by atomic mass is 9.67. The Morgan fingerprint density at radius 2 is 1.90 bits per heavy atom. The van der Waals surface area contributed by atoms with Gasteiger partial charge in [-0.2, -0.15) is 0 Å². The second kappa shape index (κ2) is 9.55. The molecular formula is C25H29Cl2NO2. The molecule has 5 heteroatoms. The number of carbonyl (C=O) groups excluding carboxylic acids is 1. The molecule has 3 nitrogen and oxygen atoms in total. The first-order valence-electron chi connectivity index (χ1n) is 10.4. The third kappa shape index (κ3) is 4.44. The molecule has 0 radical (unpaired) electrons. The van der Waals surface area contributed by atoms with Gasteiger partial charge in [0.25, 0.3) is 0 Å². The molecule has 1 aliphatic rings. The third-order valence-electron chi connectivity index (χ3n) is 6.26. The molecule has 3 rings (SSSR count). The summed E-state index contributed by atoms with van der Waals surface area (Å²) in [7, 11) is 0. The molecule has 0 bridgehead atoms. The molecule has 2 aromatic rings. The van der Waals surface area contributed by atoms with Gasteiger partial charge in [-0.05, 0) is 54.7 Å². The zero-order chi connectivity index (χ0) is 21.9. The zero-order valence-corrected chi connectivity index (χ0v) is 19.0. The minimum Gasteiger partial charge on any atom is -0.394 e. The second-order valence-electron chi connectivity index (χ2n) is 8.37. The zero-order valence-electron chi connectivity index (χ0n) is 17.5. The van der Waals surface area contributed by atoms with Crippen LogP contribution in [-0.2, 0) is 4.79 Å². The van der Waals surface area contributed by atoms with Crippen LogP contribution >= 0.6 is 23.2 Å². The summed E-state index contributed by atoms with van der Waals surface area (Å²) in [5.74, 6) is 0.0784. The highest BCUT2D eigenvalue weighted by molar-refractivity contribution is 6.30. The minimum absolute atomic E-state index is 0.0214. The fourth-order valence-corrected chi connectivity index (χ4v) is 5.03. The van der Waals surface area contributed by atoms with Crippen LogP contribution in [0.5, 0.6) is 0 Å². The van der Waals surface area contributed by atoms with Crippen LogP contribution in [0, 0.1) is 5.41 Å². The topological polar surface area (TPSA) is 40.5 Å². The molecule has 160 valence electrons. The molecule has 30 heavy (non-hydrogen) atoms. The monoisotopic (exact) mass is 445 g/mol. The number of hydrogen-bond acceptors (Lipinski definition) is 2. The highest BCUT2D eigenvalue weighted by atomic mass is 35.5. The fourth-order valence-electron chi connectivity index (χ4n) is 4.70. The molecule has 0 saturated carbocycles. The maximum Gasteiger partial charge on any atom is 0.229 e. The fraction of sp³-hybridized carbons (Fsp3) is 0.400. The van der Waals surface area contributed by atoms with Crippen LogP contribution in [0.2, 0.25) is 10.0 Å². The summed E-state index contributed by atoms with van der Waals surface area (Å²) in [5.41, 5.74) is 1.49. The predicted octanol–water partition coefficient (Wildman–Crippen LogP) is 6.40. The van der Waals surface area contributed by atoms with Gasteiger partial charge in [-0.1, -0.05) is 67.4 Å². The third-order valence-corrected chi connectivity index (χ3v) is 6.75. The Morgan fingerprint density at radius 1 is 1.20 bits per heavy atom. The van der Waals surface area contributed by atoms with E-state index in [0.717, 1.165) is 11.1 Å². The lowest BCUT2D eigenvalue weighted by Gasteiger charge is -2.51. The lowest BCUT2D eigenvalue weighted by molar-refractivity contribution is -0.156. The summed E-state index contributed by atoms with van der Waals surface area (Å²) in [4.78, 5) is 15.7. The van der Waals surface area contributed by atoms with Gasteiger partial charge < -0.3 is 10.0 Å². The molecule has 1 amide bonds. The number of allylic oxidation sites excluding steroid dienone is 1. The van der Waals surface area contributed by atoms with Crippen LogP contribution in [0.1, 0.15) is 56.2 Å². The number of piperidine rings is 1. The number of carbonyl (C=O) groups is 1. The first-order valence-corrected chi connectivity index (χ1v) is 11.2. The number of aliphatic hydroxyl groups is 1. The van der Waals surface area contributed by atoms with Crippen LogP contribution in [0.25, 0.3) is 0 Å². The van der Waals surface area contributed by atoms with Gasteiger partial charge in [0, 0.05) is 16.0 Å². The Labute approximate surface area is 189 Å². The summed E-state index contributed by atoms with van der Waals surface area (Å²) in [6.07, 6.45) is 3.73. The van der Waals surface area contributed by atoms with Crippen LogP contribution < -0.4 is 0 Å². The molecule has 0 spiro atoms. The SMILES string of the molecule is C=CC[C@@]1(C)C[C@H](c2cccc(Cl)c2)[C@@H](c2ccc(Cl)cc2)N(C(CC)CO)C1=O. The average molecular weight is 446 g/mol. The number of aliphatic hydroxyl groups excluding tert-OH is 1. The Hall–Kier alpha value is -1.81. The maximum absolute atomic E-state index is 13.8. The first kappa shape index (κ1) is 22.9.